The molecule has 0 atom stereocenters. The molecule has 1 fully saturated rings. The second-order valence-electron chi connectivity index (χ2n) is 7.92. The minimum absolute atomic E-state index is 0.0168. The van der Waals surface area contributed by atoms with E-state index in [2.05, 4.69) is 5.16 Å². The fraction of sp³-hybridized carbons (Fsp3) is 0.250. The molecular weight excluding hydrogens is 401 g/mol. The van der Waals surface area contributed by atoms with Crippen LogP contribution in [-0.2, 0) is 0 Å². The van der Waals surface area contributed by atoms with Gasteiger partial charge in [-0.25, -0.2) is 9.18 Å². The molecule has 0 aliphatic heterocycles. The summed E-state index contributed by atoms with van der Waals surface area (Å²) in [5.74, 6) is 0.349. The minimum atomic E-state index is -1.13. The quantitative estimate of drug-likeness (QED) is 0.411. The summed E-state index contributed by atoms with van der Waals surface area (Å²) in [6.45, 7) is 4.22. The monoisotopic (exact) mass is 421 g/mol. The van der Waals surface area contributed by atoms with E-state index >= 15 is 0 Å². The van der Waals surface area contributed by atoms with E-state index in [4.69, 9.17) is 13.7 Å². The smallest absolute Gasteiger partial charge is 0.340 e. The summed E-state index contributed by atoms with van der Waals surface area (Å²) in [6, 6.07) is 9.02. The zero-order valence-electron chi connectivity index (χ0n) is 17.1. The van der Waals surface area contributed by atoms with Crippen LogP contribution in [0.2, 0.25) is 0 Å². The van der Waals surface area contributed by atoms with Crippen molar-refractivity contribution >= 4 is 16.9 Å². The van der Waals surface area contributed by atoms with Gasteiger partial charge in [-0.15, -0.1) is 0 Å². The summed E-state index contributed by atoms with van der Waals surface area (Å²) < 4.78 is 30.8. The number of hydrogen-bond donors (Lipinski definition) is 1. The summed E-state index contributed by atoms with van der Waals surface area (Å²) >= 11 is 0. The molecule has 1 N–H and O–H groups in total. The summed E-state index contributed by atoms with van der Waals surface area (Å²) in [6.07, 6.45) is 2.26. The molecule has 2 heterocycles. The lowest BCUT2D eigenvalue weighted by molar-refractivity contribution is 0.0699. The fourth-order valence-electron chi connectivity index (χ4n) is 3.81. The molecule has 0 unspecified atom stereocenters. The van der Waals surface area contributed by atoms with Gasteiger partial charge in [0.1, 0.15) is 34.2 Å². The molecule has 7 heteroatoms. The number of aromatic carboxylic acids is 1. The Morgan fingerprint density at radius 2 is 1.97 bits per heavy atom. The van der Waals surface area contributed by atoms with Gasteiger partial charge in [0, 0.05) is 16.5 Å². The number of nitrogens with zero attached hydrogens (tertiary/aromatic N) is 1. The first-order valence-corrected chi connectivity index (χ1v) is 10.1. The normalized spacial score (nSPS) is 13.6. The van der Waals surface area contributed by atoms with E-state index in [1.807, 2.05) is 13.8 Å². The summed E-state index contributed by atoms with van der Waals surface area (Å²) in [4.78, 5) is 12.1. The number of carboxylic acids is 1. The maximum atomic E-state index is 13.4. The van der Waals surface area contributed by atoms with Crippen LogP contribution >= 0.6 is 0 Å². The third-order valence-electron chi connectivity index (χ3n) is 5.58. The molecule has 1 aliphatic rings. The molecule has 4 aromatic rings. The van der Waals surface area contributed by atoms with Crippen LogP contribution in [0.1, 0.15) is 34.7 Å². The number of rotatable bonds is 6. The first-order chi connectivity index (χ1) is 14.9. The number of aryl methyl sites for hydroxylation is 2. The number of hydrogen-bond acceptors (Lipinski definition) is 5. The van der Waals surface area contributed by atoms with Crippen LogP contribution in [-0.4, -0.2) is 22.8 Å². The molecular formula is C24H20FNO5. The lowest BCUT2D eigenvalue weighted by Crippen LogP contribution is -2.02. The lowest BCUT2D eigenvalue weighted by atomic mass is 9.99. The predicted molar refractivity (Wildman–Crippen MR) is 112 cm³/mol. The van der Waals surface area contributed by atoms with Gasteiger partial charge < -0.3 is 18.8 Å². The van der Waals surface area contributed by atoms with Gasteiger partial charge in [-0.1, -0.05) is 5.16 Å². The van der Waals surface area contributed by atoms with Gasteiger partial charge in [-0.3, -0.25) is 0 Å². The second-order valence-corrected chi connectivity index (χ2v) is 7.92. The Labute approximate surface area is 177 Å². The number of carbonyl (C=O) groups is 1. The Bertz CT molecular complexity index is 1280. The molecule has 1 saturated carbocycles. The van der Waals surface area contributed by atoms with E-state index < -0.39 is 11.8 Å². The van der Waals surface area contributed by atoms with Crippen molar-refractivity contribution in [3.05, 3.63) is 59.2 Å². The number of carboxylic acid groups (broad SMARTS) is 1. The molecule has 0 spiro atoms. The zero-order valence-corrected chi connectivity index (χ0v) is 17.1. The molecule has 158 valence electrons. The van der Waals surface area contributed by atoms with Gasteiger partial charge in [-0.2, -0.15) is 0 Å². The first kappa shape index (κ1) is 19.4. The average molecular weight is 421 g/mol. The molecule has 2 aromatic carbocycles. The summed E-state index contributed by atoms with van der Waals surface area (Å²) in [7, 11) is 0. The van der Waals surface area contributed by atoms with Crippen molar-refractivity contribution in [1.82, 2.24) is 5.16 Å². The highest BCUT2D eigenvalue weighted by Gasteiger charge is 2.27. The highest BCUT2D eigenvalue weighted by molar-refractivity contribution is 6.09. The van der Waals surface area contributed by atoms with Crippen molar-refractivity contribution in [1.29, 1.82) is 0 Å². The molecule has 0 bridgehead atoms. The topological polar surface area (TPSA) is 85.7 Å². The summed E-state index contributed by atoms with van der Waals surface area (Å²) in [5, 5.41) is 14.4. The van der Waals surface area contributed by atoms with Crippen LogP contribution in [0.5, 0.6) is 5.75 Å². The SMILES string of the molecule is Cc1noc(C)c1-c1cc2oc(-c3ccc(F)cc3)c(C(=O)O)c2cc1OCC1CC1. The molecule has 31 heavy (non-hydrogen) atoms. The van der Waals surface area contributed by atoms with Crippen molar-refractivity contribution in [3.8, 4) is 28.2 Å². The Hall–Kier alpha value is -3.61. The van der Waals surface area contributed by atoms with E-state index in [-0.39, 0.29) is 11.3 Å². The first-order valence-electron chi connectivity index (χ1n) is 10.1. The van der Waals surface area contributed by atoms with Crippen molar-refractivity contribution < 1.29 is 28.0 Å². The van der Waals surface area contributed by atoms with Crippen molar-refractivity contribution in [2.75, 3.05) is 6.61 Å². The number of benzene rings is 2. The summed E-state index contributed by atoms with van der Waals surface area (Å²) in [5.41, 5.74) is 3.13. The largest absolute Gasteiger partial charge is 0.493 e. The Kier molecular flexibility index (Phi) is 4.54. The van der Waals surface area contributed by atoms with Crippen LogP contribution in [0.4, 0.5) is 4.39 Å². The molecule has 5 rings (SSSR count). The van der Waals surface area contributed by atoms with Crippen molar-refractivity contribution in [2.45, 2.75) is 26.7 Å². The molecule has 1 aliphatic carbocycles. The van der Waals surface area contributed by atoms with Gasteiger partial charge in [0.05, 0.1) is 17.9 Å². The van der Waals surface area contributed by atoms with Gasteiger partial charge in [0.15, 0.2) is 0 Å². The van der Waals surface area contributed by atoms with Crippen molar-refractivity contribution in [3.63, 3.8) is 0 Å². The van der Waals surface area contributed by atoms with Crippen molar-refractivity contribution in [2.24, 2.45) is 5.92 Å². The highest BCUT2D eigenvalue weighted by Crippen LogP contribution is 2.43. The van der Waals surface area contributed by atoms with E-state index in [0.717, 1.165) is 24.0 Å². The Morgan fingerprint density at radius 1 is 1.23 bits per heavy atom. The lowest BCUT2D eigenvalue weighted by Gasteiger charge is -2.11. The maximum Gasteiger partial charge on any atom is 0.340 e. The number of ether oxygens (including phenoxy) is 1. The maximum absolute atomic E-state index is 13.4. The molecule has 6 nitrogen and oxygen atoms in total. The molecule has 0 radical (unpaired) electrons. The van der Waals surface area contributed by atoms with E-state index in [0.29, 0.717) is 46.3 Å². The number of aromatic nitrogens is 1. The van der Waals surface area contributed by atoms with E-state index in [9.17, 15) is 14.3 Å². The van der Waals surface area contributed by atoms with Crippen LogP contribution in [0.15, 0.2) is 45.3 Å². The Balaban J connectivity index is 1.74. The number of furan rings is 1. The molecule has 2 aromatic heterocycles. The highest BCUT2D eigenvalue weighted by atomic mass is 19.1. The Morgan fingerprint density at radius 3 is 2.58 bits per heavy atom. The fourth-order valence-corrected chi connectivity index (χ4v) is 3.81. The standard InChI is InChI=1S/C24H20FNO5/c1-12-21(13(2)31-26-12)17-10-20-18(9-19(17)29-11-14-3-4-14)22(24(27)28)23(30-20)15-5-7-16(25)8-6-15/h5-10,14H,3-4,11H2,1-2H3,(H,27,28). The van der Waals surface area contributed by atoms with E-state index in [1.165, 1.54) is 24.3 Å². The van der Waals surface area contributed by atoms with Gasteiger partial charge in [0.25, 0.3) is 0 Å². The average Bonchev–Trinajstić information content (AvgIpc) is 3.41. The van der Waals surface area contributed by atoms with Crippen LogP contribution in [0.3, 0.4) is 0 Å². The van der Waals surface area contributed by atoms with Gasteiger partial charge >= 0.3 is 5.97 Å². The zero-order chi connectivity index (χ0) is 21.7. The minimum Gasteiger partial charge on any atom is -0.493 e. The number of fused-ring (bicyclic) bond motifs is 1. The van der Waals surface area contributed by atoms with E-state index in [1.54, 1.807) is 12.1 Å². The van der Waals surface area contributed by atoms with Crippen LogP contribution in [0.25, 0.3) is 33.4 Å². The third-order valence-corrected chi connectivity index (χ3v) is 5.58. The predicted octanol–water partition coefficient (Wildman–Crippen LogP) is 6.00. The second kappa shape index (κ2) is 7.27. The molecule has 0 amide bonds. The third kappa shape index (κ3) is 3.46. The van der Waals surface area contributed by atoms with Gasteiger partial charge in [0.2, 0.25) is 0 Å². The number of halogens is 1. The van der Waals surface area contributed by atoms with Crippen LogP contribution < -0.4 is 4.74 Å². The van der Waals surface area contributed by atoms with Crippen LogP contribution in [0, 0.1) is 25.6 Å². The molecule has 0 saturated heterocycles. The van der Waals surface area contributed by atoms with Gasteiger partial charge in [-0.05, 0) is 69.0 Å².